The van der Waals surface area contributed by atoms with Gasteiger partial charge in [-0.3, -0.25) is 9.69 Å². The molecule has 1 aliphatic rings. The lowest BCUT2D eigenvalue weighted by atomic mass is 9.99. The smallest absolute Gasteiger partial charge is 0.368 e. The van der Waals surface area contributed by atoms with Crippen LogP contribution in [-0.4, -0.2) is 27.2 Å². The molecule has 1 aromatic heterocycles. The molecule has 2 aromatic carbocycles. The van der Waals surface area contributed by atoms with Gasteiger partial charge in [0.25, 0.3) is 0 Å². The summed E-state index contributed by atoms with van der Waals surface area (Å²) >= 11 is 0. The number of nitriles is 1. The molecule has 1 atom stereocenters. The van der Waals surface area contributed by atoms with Gasteiger partial charge in [-0.2, -0.15) is 23.4 Å². The summed E-state index contributed by atoms with van der Waals surface area (Å²) in [6.45, 7) is 9.18. The number of carbonyl (C=O) groups is 1. The van der Waals surface area contributed by atoms with Crippen molar-refractivity contribution in [3.8, 4) is 6.07 Å². The van der Waals surface area contributed by atoms with Crippen LogP contribution in [0.25, 0.3) is 4.85 Å². The van der Waals surface area contributed by atoms with E-state index in [4.69, 9.17) is 17.6 Å². The standard InChI is InChI=1S/C23H17F3N8O/c1-13-19(29-2)20(15-8-6-14(11-27)7-9-15)34-22(31-21(32-34)30-12-18(28)35)33(13)17-5-3-4-16(10-17)23(24,25)26/h3-10,20H,12H2,1H3,(H2,28,35)(H,30,32)/t20-/m1/s1. The molecule has 35 heavy (non-hydrogen) atoms. The third-order valence-corrected chi connectivity index (χ3v) is 5.35. The van der Waals surface area contributed by atoms with Gasteiger partial charge < -0.3 is 11.1 Å². The lowest BCUT2D eigenvalue weighted by molar-refractivity contribution is -0.137. The number of nitrogens with one attached hydrogen (secondary N) is 1. The van der Waals surface area contributed by atoms with Crippen molar-refractivity contribution in [2.24, 2.45) is 5.73 Å². The van der Waals surface area contributed by atoms with E-state index in [0.717, 1.165) is 12.1 Å². The van der Waals surface area contributed by atoms with E-state index < -0.39 is 23.7 Å². The normalized spacial score (nSPS) is 15.3. The van der Waals surface area contributed by atoms with Crippen LogP contribution < -0.4 is 16.0 Å². The van der Waals surface area contributed by atoms with Gasteiger partial charge in [-0.1, -0.05) is 18.2 Å². The predicted molar refractivity (Wildman–Crippen MR) is 120 cm³/mol. The first-order valence-electron chi connectivity index (χ1n) is 10.2. The number of hydrogen-bond acceptors (Lipinski definition) is 6. The second-order valence-electron chi connectivity index (χ2n) is 7.60. The van der Waals surface area contributed by atoms with Gasteiger partial charge in [0.2, 0.25) is 23.5 Å². The monoisotopic (exact) mass is 478 g/mol. The van der Waals surface area contributed by atoms with E-state index in [0.29, 0.717) is 16.8 Å². The van der Waals surface area contributed by atoms with Gasteiger partial charge >= 0.3 is 6.18 Å². The van der Waals surface area contributed by atoms with Crippen LogP contribution in [0, 0.1) is 17.9 Å². The number of carbonyl (C=O) groups excluding carboxylic acids is 1. The molecule has 0 spiro atoms. The zero-order chi connectivity index (χ0) is 25.3. The van der Waals surface area contributed by atoms with E-state index >= 15 is 0 Å². The Morgan fingerprint density at radius 3 is 2.60 bits per heavy atom. The van der Waals surface area contributed by atoms with E-state index in [-0.39, 0.29) is 29.8 Å². The molecular weight excluding hydrogens is 461 g/mol. The quantitative estimate of drug-likeness (QED) is 0.536. The van der Waals surface area contributed by atoms with E-state index in [2.05, 4.69) is 20.2 Å². The van der Waals surface area contributed by atoms with Gasteiger partial charge in [0.15, 0.2) is 0 Å². The molecule has 0 radical (unpaired) electrons. The van der Waals surface area contributed by atoms with Gasteiger partial charge in [-0.05, 0) is 42.8 Å². The van der Waals surface area contributed by atoms with Crippen LogP contribution in [0.5, 0.6) is 0 Å². The van der Waals surface area contributed by atoms with Crippen molar-refractivity contribution in [3.63, 3.8) is 0 Å². The van der Waals surface area contributed by atoms with Crippen LogP contribution in [0.4, 0.5) is 30.8 Å². The van der Waals surface area contributed by atoms with Crippen LogP contribution >= 0.6 is 0 Å². The van der Waals surface area contributed by atoms with Gasteiger partial charge in [0, 0.05) is 11.4 Å². The van der Waals surface area contributed by atoms with Crippen LogP contribution in [0.2, 0.25) is 0 Å². The second-order valence-corrected chi connectivity index (χ2v) is 7.60. The molecule has 4 rings (SSSR count). The topological polar surface area (TPSA) is 117 Å². The number of nitrogens with two attached hydrogens (primary N) is 1. The van der Waals surface area contributed by atoms with Crippen molar-refractivity contribution in [2.45, 2.75) is 19.1 Å². The highest BCUT2D eigenvalue weighted by molar-refractivity contribution is 5.78. The largest absolute Gasteiger partial charge is 0.416 e. The summed E-state index contributed by atoms with van der Waals surface area (Å²) in [7, 11) is 0. The molecule has 3 N–H and O–H groups in total. The average molecular weight is 478 g/mol. The zero-order valence-corrected chi connectivity index (χ0v) is 18.2. The number of primary amides is 1. The summed E-state index contributed by atoms with van der Waals surface area (Å²) in [4.78, 5) is 20.7. The number of rotatable bonds is 5. The highest BCUT2D eigenvalue weighted by Crippen LogP contribution is 2.44. The number of nitrogens with zero attached hydrogens (tertiary/aromatic N) is 6. The molecule has 3 aromatic rings. The fourth-order valence-corrected chi connectivity index (χ4v) is 3.77. The van der Waals surface area contributed by atoms with E-state index in [1.807, 2.05) is 6.07 Å². The Kier molecular flexibility index (Phi) is 5.89. The number of aromatic nitrogens is 3. The first-order valence-corrected chi connectivity index (χ1v) is 10.2. The molecule has 176 valence electrons. The number of alkyl halides is 3. The minimum atomic E-state index is -4.57. The number of allylic oxidation sites excluding steroid dienone is 2. The minimum Gasteiger partial charge on any atom is -0.368 e. The minimum absolute atomic E-state index is 0.00783. The third kappa shape index (κ3) is 4.37. The Hall–Kier alpha value is -4.84. The number of benzene rings is 2. The SMILES string of the molecule is [C-]#[N+]C1=C(C)N(c2cccc(C(F)(F)F)c2)c2nc(NCC(N)=O)nn2[C@@H]1c1ccc(C#N)cc1. The fraction of sp³-hybridized carbons (Fsp3) is 0.174. The van der Waals surface area contributed by atoms with Crippen molar-refractivity contribution in [3.05, 3.63) is 88.0 Å². The lowest BCUT2D eigenvalue weighted by Crippen LogP contribution is -2.30. The Bertz CT molecular complexity index is 1410. The molecule has 2 heterocycles. The van der Waals surface area contributed by atoms with Gasteiger partial charge in [-0.15, -0.1) is 5.10 Å². The summed E-state index contributed by atoms with van der Waals surface area (Å²) in [5.41, 5.74) is 6.06. The summed E-state index contributed by atoms with van der Waals surface area (Å²) in [6, 6.07) is 12.4. The van der Waals surface area contributed by atoms with Crippen molar-refractivity contribution in [1.82, 2.24) is 14.8 Å². The van der Waals surface area contributed by atoms with Crippen LogP contribution in [0.1, 0.15) is 29.7 Å². The molecule has 0 bridgehead atoms. The first kappa shape index (κ1) is 23.3. The van der Waals surface area contributed by atoms with E-state index in [1.54, 1.807) is 31.2 Å². The maximum atomic E-state index is 13.4. The molecular formula is C23H17F3N8O. The molecule has 12 heteroatoms. The Morgan fingerprint density at radius 1 is 1.29 bits per heavy atom. The van der Waals surface area contributed by atoms with Crippen LogP contribution in [-0.2, 0) is 11.0 Å². The third-order valence-electron chi connectivity index (χ3n) is 5.35. The maximum absolute atomic E-state index is 13.4. The van der Waals surface area contributed by atoms with Crippen molar-refractivity contribution in [1.29, 1.82) is 5.26 Å². The number of fused-ring (bicyclic) bond motifs is 1. The maximum Gasteiger partial charge on any atom is 0.416 e. The van der Waals surface area contributed by atoms with Crippen LogP contribution in [0.15, 0.2) is 59.9 Å². The van der Waals surface area contributed by atoms with Crippen molar-refractivity contribution >= 4 is 23.5 Å². The molecule has 9 nitrogen and oxygen atoms in total. The van der Waals surface area contributed by atoms with Gasteiger partial charge in [0.05, 0.1) is 30.3 Å². The Balaban J connectivity index is 1.92. The molecule has 0 fully saturated rings. The predicted octanol–water partition coefficient (Wildman–Crippen LogP) is 3.96. The molecule has 0 saturated carbocycles. The number of halogens is 3. The highest BCUT2D eigenvalue weighted by atomic mass is 19.4. The highest BCUT2D eigenvalue weighted by Gasteiger charge is 2.37. The lowest BCUT2D eigenvalue weighted by Gasteiger charge is -2.34. The summed E-state index contributed by atoms with van der Waals surface area (Å²) in [6.07, 6.45) is -4.57. The summed E-state index contributed by atoms with van der Waals surface area (Å²) < 4.78 is 41.6. The fourth-order valence-electron chi connectivity index (χ4n) is 3.77. The van der Waals surface area contributed by atoms with E-state index in [9.17, 15) is 18.0 Å². The molecule has 1 aliphatic heterocycles. The molecule has 0 aliphatic carbocycles. The first-order chi connectivity index (χ1) is 16.6. The van der Waals surface area contributed by atoms with Crippen molar-refractivity contribution in [2.75, 3.05) is 16.8 Å². The molecule has 0 saturated heterocycles. The Morgan fingerprint density at radius 2 is 2.00 bits per heavy atom. The van der Waals surface area contributed by atoms with Gasteiger partial charge in [0.1, 0.15) is 6.04 Å². The Labute approximate surface area is 197 Å². The van der Waals surface area contributed by atoms with Crippen molar-refractivity contribution < 1.29 is 18.0 Å². The number of anilines is 3. The van der Waals surface area contributed by atoms with E-state index in [1.165, 1.54) is 21.7 Å². The molecule has 1 amide bonds. The summed E-state index contributed by atoms with van der Waals surface area (Å²) in [5, 5.41) is 16.2. The molecule has 0 unspecified atom stereocenters. The zero-order valence-electron chi connectivity index (χ0n) is 18.2. The number of hydrogen-bond donors (Lipinski definition) is 2. The van der Waals surface area contributed by atoms with Crippen LogP contribution in [0.3, 0.4) is 0 Å². The van der Waals surface area contributed by atoms with Gasteiger partial charge in [-0.25, -0.2) is 9.53 Å². The summed E-state index contributed by atoms with van der Waals surface area (Å²) in [5.74, 6) is -0.517. The second kappa shape index (κ2) is 8.83. The average Bonchev–Trinajstić information content (AvgIpc) is 3.25. The number of amides is 1.